The van der Waals surface area contributed by atoms with Crippen molar-refractivity contribution in [1.82, 2.24) is 0 Å². The number of ether oxygens (including phenoxy) is 8. The van der Waals surface area contributed by atoms with Gasteiger partial charge in [-0.3, -0.25) is 0 Å². The van der Waals surface area contributed by atoms with Crippen molar-refractivity contribution in [3.8, 4) is 23.0 Å². The van der Waals surface area contributed by atoms with Gasteiger partial charge in [-0.2, -0.15) is 0 Å². The van der Waals surface area contributed by atoms with Crippen molar-refractivity contribution in [2.75, 3.05) is 52.9 Å². The van der Waals surface area contributed by atoms with E-state index in [2.05, 4.69) is 0 Å². The minimum atomic E-state index is -0.966. The van der Waals surface area contributed by atoms with Gasteiger partial charge in [0.15, 0.2) is 11.1 Å². The molecule has 312 valence electrons. The van der Waals surface area contributed by atoms with Crippen LogP contribution < -0.4 is 29.4 Å². The molecule has 5 rings (SSSR count). The van der Waals surface area contributed by atoms with E-state index >= 15 is 0 Å². The Labute approximate surface area is 348 Å². The quantitative estimate of drug-likeness (QED) is 0.0411. The van der Waals surface area contributed by atoms with E-state index in [9.17, 15) is 19.2 Å². The van der Waals surface area contributed by atoms with Crippen molar-refractivity contribution in [1.29, 1.82) is 0 Å². The Balaban J connectivity index is 1.36. The van der Waals surface area contributed by atoms with Crippen LogP contribution >= 0.6 is 0 Å². The molecule has 0 N–H and O–H groups in total. The van der Waals surface area contributed by atoms with Gasteiger partial charge in [0.2, 0.25) is 0 Å². The number of hydrogen-bond donors (Lipinski definition) is 0. The van der Waals surface area contributed by atoms with Crippen LogP contribution in [-0.2, 0) is 38.1 Å². The molecule has 0 fully saturated rings. The van der Waals surface area contributed by atoms with Crippen LogP contribution in [0, 0.1) is 27.7 Å². The number of rotatable bonds is 20. The lowest BCUT2D eigenvalue weighted by Crippen LogP contribution is -2.29. The molecule has 0 saturated heterocycles. The highest BCUT2D eigenvalue weighted by Crippen LogP contribution is 2.19. The van der Waals surface area contributed by atoms with Crippen LogP contribution in [0.3, 0.4) is 0 Å². The molecule has 60 heavy (non-hydrogen) atoms. The number of benzene rings is 5. The molecule has 0 aliphatic heterocycles. The average Bonchev–Trinajstić information content (AvgIpc) is 3.24. The van der Waals surface area contributed by atoms with Crippen LogP contribution in [0.25, 0.3) is 11.1 Å². The first-order valence-electron chi connectivity index (χ1n) is 19.4. The van der Waals surface area contributed by atoms with Crippen molar-refractivity contribution in [3.05, 3.63) is 154 Å². The number of para-hydroxylation sites is 4. The van der Waals surface area contributed by atoms with Gasteiger partial charge in [-0.15, -0.1) is 0 Å². The molecule has 0 amide bonds. The predicted octanol–water partition coefficient (Wildman–Crippen LogP) is 5.71. The summed E-state index contributed by atoms with van der Waals surface area (Å²) in [6, 6.07) is 35.1. The second-order valence-corrected chi connectivity index (χ2v) is 13.3. The van der Waals surface area contributed by atoms with Crippen LogP contribution in [0.2, 0.25) is 0 Å². The third-order valence-electron chi connectivity index (χ3n) is 8.95. The molecule has 0 aliphatic carbocycles. The van der Waals surface area contributed by atoms with E-state index in [1.807, 2.05) is 100 Å². The number of aryl methyl sites for hydroxylation is 4. The van der Waals surface area contributed by atoms with E-state index in [0.717, 1.165) is 22.3 Å². The van der Waals surface area contributed by atoms with Gasteiger partial charge in [0.25, 0.3) is 0 Å². The maximum absolute atomic E-state index is 13.5. The van der Waals surface area contributed by atoms with Crippen LogP contribution in [0.4, 0.5) is 0 Å². The van der Waals surface area contributed by atoms with Crippen LogP contribution in [0.15, 0.2) is 121 Å². The maximum atomic E-state index is 13.5. The molecule has 0 heterocycles. The van der Waals surface area contributed by atoms with Gasteiger partial charge >= 0.3 is 23.9 Å². The van der Waals surface area contributed by atoms with E-state index in [-0.39, 0.29) is 63.3 Å². The molecule has 0 spiro atoms. The fourth-order valence-corrected chi connectivity index (χ4v) is 5.75. The predicted molar refractivity (Wildman–Crippen MR) is 223 cm³/mol. The molecule has 12 heteroatoms. The first kappa shape index (κ1) is 44.0. The zero-order valence-electron chi connectivity index (χ0n) is 34.1. The third kappa shape index (κ3) is 13.0. The lowest BCUT2D eigenvalue weighted by molar-refractivity contribution is -0.145. The Bertz CT molecular complexity index is 2060. The first-order chi connectivity index (χ1) is 29.1. The Morgan fingerprint density at radius 2 is 0.533 bits per heavy atom. The van der Waals surface area contributed by atoms with E-state index in [4.69, 9.17) is 37.9 Å². The lowest BCUT2D eigenvalue weighted by atomic mass is 10.1. The summed E-state index contributed by atoms with van der Waals surface area (Å²) in [5.41, 5.74) is 2.79. The number of carbonyl (C=O) groups is 4. The van der Waals surface area contributed by atoms with Gasteiger partial charge in [-0.1, -0.05) is 97.1 Å². The summed E-state index contributed by atoms with van der Waals surface area (Å²) in [5.74, 6) is -1.35. The lowest BCUT2D eigenvalue weighted by Gasteiger charge is -2.12. The molecule has 0 saturated carbocycles. The highest BCUT2D eigenvalue weighted by Gasteiger charge is 2.25. The summed E-state index contributed by atoms with van der Waals surface area (Å²) in [6.07, 6.45) is 0. The Morgan fingerprint density at radius 1 is 0.317 bits per heavy atom. The van der Waals surface area contributed by atoms with Crippen molar-refractivity contribution in [3.63, 3.8) is 0 Å². The highest BCUT2D eigenvalue weighted by atomic mass is 16.6. The summed E-state index contributed by atoms with van der Waals surface area (Å²) in [6.45, 7) is 6.97. The molecular formula is C48H48O12. The molecule has 0 aromatic heterocycles. The van der Waals surface area contributed by atoms with Crippen LogP contribution in [0.5, 0.6) is 23.0 Å². The van der Waals surface area contributed by atoms with E-state index in [1.54, 1.807) is 24.3 Å². The second kappa shape index (κ2) is 22.8. The Kier molecular flexibility index (Phi) is 16.7. The number of carbonyl (C=O) groups excluding carboxylic acids is 4. The van der Waals surface area contributed by atoms with Crippen LogP contribution in [-0.4, -0.2) is 76.7 Å². The minimum Gasteiger partial charge on any atom is -0.490 e. The third-order valence-corrected chi connectivity index (χ3v) is 8.95. The summed E-state index contributed by atoms with van der Waals surface area (Å²) >= 11 is 0. The first-order valence-corrected chi connectivity index (χ1v) is 19.4. The van der Waals surface area contributed by atoms with Gasteiger partial charge in [0, 0.05) is 0 Å². The summed E-state index contributed by atoms with van der Waals surface area (Å²) in [7, 11) is 0. The SMILES string of the molecule is Cc1ccccc1OCCOC(=O)C(C(=O)OCCOc1ccccc1C)=c1ccc(=C(C(=O)OCCOc2ccccc2C)C(=O)OCCOc2ccccc2C)cc1. The van der Waals surface area contributed by atoms with E-state index < -0.39 is 35.0 Å². The van der Waals surface area contributed by atoms with E-state index in [0.29, 0.717) is 23.0 Å². The monoisotopic (exact) mass is 816 g/mol. The van der Waals surface area contributed by atoms with Gasteiger partial charge in [-0.25, -0.2) is 19.2 Å². The Hall–Kier alpha value is -7.08. The minimum absolute atomic E-state index is 0.0245. The summed E-state index contributed by atoms with van der Waals surface area (Å²) in [5, 5.41) is 0.209. The molecule has 12 nitrogen and oxygen atoms in total. The van der Waals surface area contributed by atoms with E-state index in [1.165, 1.54) is 24.3 Å². The van der Waals surface area contributed by atoms with Gasteiger partial charge in [0.05, 0.1) is 0 Å². The maximum Gasteiger partial charge on any atom is 0.346 e. The average molecular weight is 817 g/mol. The zero-order valence-corrected chi connectivity index (χ0v) is 34.1. The van der Waals surface area contributed by atoms with Crippen molar-refractivity contribution in [2.45, 2.75) is 27.7 Å². The summed E-state index contributed by atoms with van der Waals surface area (Å²) in [4.78, 5) is 54.1. The number of esters is 4. The second-order valence-electron chi connectivity index (χ2n) is 13.3. The molecular weight excluding hydrogens is 769 g/mol. The Morgan fingerprint density at radius 3 is 0.750 bits per heavy atom. The number of hydrogen-bond acceptors (Lipinski definition) is 12. The van der Waals surface area contributed by atoms with Crippen molar-refractivity contribution in [2.24, 2.45) is 0 Å². The molecule has 0 unspecified atom stereocenters. The topological polar surface area (TPSA) is 142 Å². The van der Waals surface area contributed by atoms with Crippen LogP contribution in [0.1, 0.15) is 22.3 Å². The zero-order chi connectivity index (χ0) is 42.7. The van der Waals surface area contributed by atoms with Gasteiger partial charge in [0.1, 0.15) is 75.9 Å². The molecule has 0 aliphatic rings. The fourth-order valence-electron chi connectivity index (χ4n) is 5.75. The largest absolute Gasteiger partial charge is 0.490 e. The van der Waals surface area contributed by atoms with Gasteiger partial charge in [-0.05, 0) is 84.7 Å². The van der Waals surface area contributed by atoms with Gasteiger partial charge < -0.3 is 37.9 Å². The molecule has 5 aromatic rings. The molecule has 5 aromatic carbocycles. The normalized spacial score (nSPS) is 10.5. The highest BCUT2D eigenvalue weighted by molar-refractivity contribution is 6.37. The molecule has 0 radical (unpaired) electrons. The van der Waals surface area contributed by atoms with Crippen molar-refractivity contribution >= 4 is 35.0 Å². The molecule has 0 bridgehead atoms. The molecule has 0 atom stereocenters. The smallest absolute Gasteiger partial charge is 0.346 e. The van der Waals surface area contributed by atoms with Crippen molar-refractivity contribution < 1.29 is 57.1 Å². The fraction of sp³-hybridized carbons (Fsp3) is 0.250. The standard InChI is InChI=1S/C48H48O12/c1-33-13-5-9-17-39(33)53-25-29-57-45(49)43(46(50)58-30-26-54-40-18-10-6-14-34(40)2)37-21-23-38(24-22-37)44(47(51)59-31-27-55-41-19-11-7-15-35(41)3)48(52)60-32-28-56-42-20-12-8-16-36(42)4/h5-24H,25-32H2,1-4H3. The summed E-state index contributed by atoms with van der Waals surface area (Å²) < 4.78 is 44.9.